The van der Waals surface area contributed by atoms with Crippen molar-refractivity contribution in [2.75, 3.05) is 0 Å². The molecule has 0 aliphatic rings. The number of rotatable bonds is 5. The number of aliphatic imine (C=N–C) groups is 1. The van der Waals surface area contributed by atoms with Gasteiger partial charge in [0.1, 0.15) is 6.54 Å². The van der Waals surface area contributed by atoms with Crippen LogP contribution in [0.5, 0.6) is 0 Å². The van der Waals surface area contributed by atoms with Gasteiger partial charge in [0.05, 0.1) is 22.1 Å². The van der Waals surface area contributed by atoms with Crippen LogP contribution in [0.15, 0.2) is 95.1 Å². The van der Waals surface area contributed by atoms with Crippen molar-refractivity contribution >= 4 is 49.9 Å². The van der Waals surface area contributed by atoms with E-state index in [1.807, 2.05) is 65.5 Å². The SMILES string of the molecule is O=c1c2cc(N=C([O-])CCC[n+]3ccccc3)ccc2nc2c3[nH]c4ccccc4c3ccn12. The second kappa shape index (κ2) is 8.12. The third kappa shape index (κ3) is 3.47. The van der Waals surface area contributed by atoms with Gasteiger partial charge in [-0.15, -0.1) is 0 Å². The van der Waals surface area contributed by atoms with Crippen molar-refractivity contribution in [1.82, 2.24) is 14.4 Å². The molecule has 0 atom stereocenters. The number of benzene rings is 2. The summed E-state index contributed by atoms with van der Waals surface area (Å²) >= 11 is 0. The lowest BCUT2D eigenvalue weighted by Crippen LogP contribution is -2.33. The Morgan fingerprint density at radius 3 is 2.74 bits per heavy atom. The number of fused-ring (bicyclic) bond motifs is 6. The van der Waals surface area contributed by atoms with Crippen LogP contribution in [0.2, 0.25) is 0 Å². The number of pyridine rings is 2. The van der Waals surface area contributed by atoms with E-state index in [2.05, 4.69) is 9.98 Å². The summed E-state index contributed by atoms with van der Waals surface area (Å²) in [7, 11) is 0. The van der Waals surface area contributed by atoms with Gasteiger partial charge in [0.25, 0.3) is 5.56 Å². The van der Waals surface area contributed by atoms with Gasteiger partial charge in [0, 0.05) is 41.0 Å². The van der Waals surface area contributed by atoms with Crippen molar-refractivity contribution in [2.24, 2.45) is 4.99 Å². The first-order chi connectivity index (χ1) is 16.7. The number of H-pyrrole nitrogens is 1. The molecule has 2 aromatic carbocycles. The monoisotopic (exact) mass is 447 g/mol. The Morgan fingerprint density at radius 1 is 1.00 bits per heavy atom. The minimum atomic E-state index is -0.204. The first-order valence-corrected chi connectivity index (χ1v) is 11.2. The van der Waals surface area contributed by atoms with Crippen LogP contribution in [-0.4, -0.2) is 20.3 Å². The normalized spacial score (nSPS) is 12.3. The highest BCUT2D eigenvalue weighted by Crippen LogP contribution is 2.28. The largest absolute Gasteiger partial charge is 0.862 e. The molecule has 0 aliphatic heterocycles. The van der Waals surface area contributed by atoms with Gasteiger partial charge in [-0.3, -0.25) is 14.2 Å². The summed E-state index contributed by atoms with van der Waals surface area (Å²) in [5.74, 6) is -0.204. The van der Waals surface area contributed by atoms with E-state index in [1.54, 1.807) is 28.8 Å². The quantitative estimate of drug-likeness (QED) is 0.189. The van der Waals surface area contributed by atoms with Gasteiger partial charge in [-0.2, -0.15) is 0 Å². The van der Waals surface area contributed by atoms with E-state index < -0.39 is 0 Å². The topological polar surface area (TPSA) is 89.5 Å². The second-order valence-electron chi connectivity index (χ2n) is 8.31. The zero-order chi connectivity index (χ0) is 23.1. The Hall–Kier alpha value is -4.52. The molecule has 0 radical (unpaired) electrons. The molecule has 7 nitrogen and oxygen atoms in total. The molecule has 4 heterocycles. The molecule has 34 heavy (non-hydrogen) atoms. The molecule has 0 bridgehead atoms. The van der Waals surface area contributed by atoms with Crippen LogP contribution in [0.3, 0.4) is 0 Å². The molecule has 4 aromatic heterocycles. The summed E-state index contributed by atoms with van der Waals surface area (Å²) < 4.78 is 3.58. The third-order valence-corrected chi connectivity index (χ3v) is 6.08. The van der Waals surface area contributed by atoms with Gasteiger partial charge in [0.2, 0.25) is 0 Å². The lowest BCUT2D eigenvalue weighted by atomic mass is 10.2. The van der Waals surface area contributed by atoms with E-state index in [-0.39, 0.29) is 11.5 Å². The second-order valence-corrected chi connectivity index (χ2v) is 8.31. The Bertz CT molecular complexity index is 1770. The van der Waals surface area contributed by atoms with Crippen LogP contribution in [0.1, 0.15) is 12.8 Å². The van der Waals surface area contributed by atoms with Gasteiger partial charge >= 0.3 is 0 Å². The van der Waals surface area contributed by atoms with Crippen molar-refractivity contribution in [3.8, 4) is 0 Å². The Labute approximate surface area is 194 Å². The van der Waals surface area contributed by atoms with Crippen LogP contribution >= 0.6 is 0 Å². The highest BCUT2D eigenvalue weighted by Gasteiger charge is 2.12. The van der Waals surface area contributed by atoms with Crippen LogP contribution in [-0.2, 0) is 6.54 Å². The molecule has 0 spiro atoms. The lowest BCUT2D eigenvalue weighted by Gasteiger charge is -2.10. The van der Waals surface area contributed by atoms with Crippen molar-refractivity contribution in [3.05, 3.63) is 95.7 Å². The molecule has 6 rings (SSSR count). The number of nitrogens with zero attached hydrogens (tertiary/aromatic N) is 4. The van der Waals surface area contributed by atoms with Crippen LogP contribution in [0.4, 0.5) is 5.69 Å². The number of hydrogen-bond donors (Lipinski definition) is 1. The standard InChI is InChI=1S/C27H21N5O2/c33-24(9-6-15-31-13-4-1-5-14-31)28-18-10-11-23-21(17-18)27(34)32-16-12-20-19-7-2-3-8-22(19)29-25(20)26(32)30-23/h1-5,7-8,10-14,16-17H,6,9,15H2,(H-,28,29,30,33,34). The number of aromatic nitrogens is 4. The summed E-state index contributed by atoms with van der Waals surface area (Å²) in [4.78, 5) is 25.7. The van der Waals surface area contributed by atoms with E-state index in [9.17, 15) is 9.90 Å². The zero-order valence-corrected chi connectivity index (χ0v) is 18.3. The first-order valence-electron chi connectivity index (χ1n) is 11.2. The molecule has 0 aliphatic carbocycles. The number of para-hydroxylation sites is 1. The maximum atomic E-state index is 13.3. The number of aromatic amines is 1. The molecule has 0 saturated heterocycles. The van der Waals surface area contributed by atoms with Gasteiger partial charge in [-0.25, -0.2) is 9.55 Å². The molecule has 0 saturated carbocycles. The van der Waals surface area contributed by atoms with E-state index in [0.717, 1.165) is 28.4 Å². The van der Waals surface area contributed by atoms with E-state index in [0.29, 0.717) is 35.1 Å². The number of aryl methyl sites for hydroxylation is 1. The molecule has 0 amide bonds. The first kappa shape index (κ1) is 20.1. The predicted octanol–water partition coefficient (Wildman–Crippen LogP) is 3.64. The van der Waals surface area contributed by atoms with Crippen LogP contribution < -0.4 is 15.2 Å². The minimum Gasteiger partial charge on any atom is -0.862 e. The number of hydrogen-bond acceptors (Lipinski definition) is 4. The summed E-state index contributed by atoms with van der Waals surface area (Å²) in [5, 5.41) is 14.9. The van der Waals surface area contributed by atoms with Crippen molar-refractivity contribution < 1.29 is 9.67 Å². The van der Waals surface area contributed by atoms with E-state index >= 15 is 0 Å². The van der Waals surface area contributed by atoms with Crippen LogP contribution in [0, 0.1) is 0 Å². The Balaban J connectivity index is 1.36. The van der Waals surface area contributed by atoms with Gasteiger partial charge < -0.3 is 10.1 Å². The molecule has 1 N–H and O–H groups in total. The summed E-state index contributed by atoms with van der Waals surface area (Å²) in [6.45, 7) is 0.749. The van der Waals surface area contributed by atoms with E-state index in [1.165, 1.54) is 0 Å². The molecular formula is C27H21N5O2. The number of nitrogens with one attached hydrogen (secondary N) is 1. The van der Waals surface area contributed by atoms with Gasteiger partial charge in [-0.1, -0.05) is 24.3 Å². The summed E-state index contributed by atoms with van der Waals surface area (Å²) in [5.41, 5.74) is 3.25. The highest BCUT2D eigenvalue weighted by molar-refractivity contribution is 6.11. The maximum Gasteiger partial charge on any atom is 0.265 e. The van der Waals surface area contributed by atoms with Crippen molar-refractivity contribution in [3.63, 3.8) is 0 Å². The fourth-order valence-corrected chi connectivity index (χ4v) is 4.43. The smallest absolute Gasteiger partial charge is 0.265 e. The lowest BCUT2D eigenvalue weighted by molar-refractivity contribution is -0.697. The summed E-state index contributed by atoms with van der Waals surface area (Å²) in [6, 6.07) is 21.0. The fourth-order valence-electron chi connectivity index (χ4n) is 4.43. The highest BCUT2D eigenvalue weighted by atomic mass is 16.3. The molecule has 0 fully saturated rings. The molecular weight excluding hydrogens is 426 g/mol. The molecule has 166 valence electrons. The average Bonchev–Trinajstić information content (AvgIpc) is 3.24. The predicted molar refractivity (Wildman–Crippen MR) is 131 cm³/mol. The Morgan fingerprint density at radius 2 is 1.85 bits per heavy atom. The van der Waals surface area contributed by atoms with Crippen molar-refractivity contribution in [1.29, 1.82) is 0 Å². The average molecular weight is 447 g/mol. The molecule has 7 heteroatoms. The van der Waals surface area contributed by atoms with Crippen LogP contribution in [0.25, 0.3) is 38.4 Å². The fraction of sp³-hybridized carbons (Fsp3) is 0.111. The minimum absolute atomic E-state index is 0.189. The molecule has 0 unspecified atom stereocenters. The third-order valence-electron chi connectivity index (χ3n) is 6.08. The zero-order valence-electron chi connectivity index (χ0n) is 18.3. The van der Waals surface area contributed by atoms with Crippen molar-refractivity contribution in [2.45, 2.75) is 19.4 Å². The van der Waals surface area contributed by atoms with Gasteiger partial charge in [0.15, 0.2) is 18.0 Å². The Kier molecular flexibility index (Phi) is 4.80. The maximum absolute atomic E-state index is 13.3. The molecule has 6 aromatic rings. The summed E-state index contributed by atoms with van der Waals surface area (Å²) in [6.07, 6.45) is 6.73. The van der Waals surface area contributed by atoms with E-state index in [4.69, 9.17) is 4.98 Å². The van der Waals surface area contributed by atoms with Gasteiger partial charge in [-0.05, 0) is 42.7 Å².